The quantitative estimate of drug-likeness (QED) is 0.856. The molecule has 0 aliphatic heterocycles. The average molecular weight is 301 g/mol. The molecule has 2 rings (SSSR count). The summed E-state index contributed by atoms with van der Waals surface area (Å²) < 4.78 is 6.30. The number of nitrogens with zero attached hydrogens (tertiary/aromatic N) is 2. The lowest BCUT2D eigenvalue weighted by Gasteiger charge is -2.12. The Morgan fingerprint density at radius 3 is 2.64 bits per heavy atom. The normalized spacial score (nSPS) is 11.8. The molecule has 22 heavy (non-hydrogen) atoms. The van der Waals surface area contributed by atoms with Crippen molar-refractivity contribution in [2.45, 2.75) is 26.3 Å². The summed E-state index contributed by atoms with van der Waals surface area (Å²) in [6.45, 7) is 3.59. The van der Waals surface area contributed by atoms with Crippen LogP contribution in [0.15, 0.2) is 36.5 Å². The minimum atomic E-state index is -0.357. The maximum atomic E-state index is 12.3. The van der Waals surface area contributed by atoms with E-state index in [2.05, 4.69) is 15.2 Å². The van der Waals surface area contributed by atoms with Gasteiger partial charge in [-0.1, -0.05) is 18.2 Å². The molecular formula is C16H19N3O3. The fraction of sp³-hybridized carbons (Fsp3) is 0.312. The third kappa shape index (κ3) is 3.52. The second-order valence-electron chi connectivity index (χ2n) is 5.05. The van der Waals surface area contributed by atoms with E-state index in [0.29, 0.717) is 5.56 Å². The van der Waals surface area contributed by atoms with E-state index < -0.39 is 0 Å². The van der Waals surface area contributed by atoms with Gasteiger partial charge in [0.15, 0.2) is 0 Å². The molecule has 1 unspecified atom stereocenters. The van der Waals surface area contributed by atoms with Crippen molar-refractivity contribution in [3.8, 4) is 5.69 Å². The van der Waals surface area contributed by atoms with Crippen LogP contribution >= 0.6 is 0 Å². The van der Waals surface area contributed by atoms with E-state index in [1.807, 2.05) is 37.3 Å². The molecule has 1 amide bonds. The number of aromatic nitrogens is 2. The number of carbonyl (C=O) groups excluding carboxylic acids is 2. The van der Waals surface area contributed by atoms with Crippen LogP contribution in [0.3, 0.4) is 0 Å². The Morgan fingerprint density at radius 1 is 1.32 bits per heavy atom. The molecule has 2 aromatic rings. The number of nitrogens with one attached hydrogen (secondary N) is 1. The SMILES string of the molecule is COC(=O)CC(C)NC(=O)c1cnn(-c2ccccc2)c1C. The fourth-order valence-corrected chi connectivity index (χ4v) is 2.15. The first-order valence-electron chi connectivity index (χ1n) is 7.00. The summed E-state index contributed by atoms with van der Waals surface area (Å²) in [4.78, 5) is 23.5. The van der Waals surface area contributed by atoms with E-state index in [9.17, 15) is 9.59 Å². The van der Waals surface area contributed by atoms with E-state index >= 15 is 0 Å². The molecule has 0 radical (unpaired) electrons. The first-order chi connectivity index (χ1) is 10.5. The predicted octanol–water partition coefficient (Wildman–Crippen LogP) is 1.86. The van der Waals surface area contributed by atoms with Crippen LogP contribution in [-0.4, -0.2) is 34.8 Å². The molecule has 1 heterocycles. The second kappa shape index (κ2) is 6.89. The highest BCUT2D eigenvalue weighted by Gasteiger charge is 2.18. The highest BCUT2D eigenvalue weighted by Crippen LogP contribution is 2.14. The van der Waals surface area contributed by atoms with E-state index in [1.165, 1.54) is 13.3 Å². The predicted molar refractivity (Wildman–Crippen MR) is 81.9 cm³/mol. The minimum absolute atomic E-state index is 0.133. The first-order valence-corrected chi connectivity index (χ1v) is 7.00. The number of rotatable bonds is 5. The molecule has 1 atom stereocenters. The zero-order valence-corrected chi connectivity index (χ0v) is 12.9. The molecule has 116 valence electrons. The van der Waals surface area contributed by atoms with Gasteiger partial charge in [-0.05, 0) is 26.0 Å². The van der Waals surface area contributed by atoms with Gasteiger partial charge in [0.05, 0.1) is 36.7 Å². The van der Waals surface area contributed by atoms with Crippen LogP contribution in [0.25, 0.3) is 5.69 Å². The van der Waals surface area contributed by atoms with Gasteiger partial charge in [-0.25, -0.2) is 4.68 Å². The third-order valence-corrected chi connectivity index (χ3v) is 3.33. The zero-order valence-electron chi connectivity index (χ0n) is 12.9. The Bertz CT molecular complexity index is 665. The van der Waals surface area contributed by atoms with Crippen molar-refractivity contribution < 1.29 is 14.3 Å². The van der Waals surface area contributed by atoms with Gasteiger partial charge in [-0.3, -0.25) is 9.59 Å². The van der Waals surface area contributed by atoms with Crippen molar-refractivity contribution >= 4 is 11.9 Å². The number of methoxy groups -OCH3 is 1. The summed E-state index contributed by atoms with van der Waals surface area (Å²) in [5, 5.41) is 7.03. The minimum Gasteiger partial charge on any atom is -0.469 e. The largest absolute Gasteiger partial charge is 0.469 e. The van der Waals surface area contributed by atoms with Crippen molar-refractivity contribution in [3.63, 3.8) is 0 Å². The second-order valence-corrected chi connectivity index (χ2v) is 5.05. The van der Waals surface area contributed by atoms with Crippen molar-refractivity contribution in [1.82, 2.24) is 15.1 Å². The molecule has 0 bridgehead atoms. The molecule has 6 heteroatoms. The number of para-hydroxylation sites is 1. The number of hydrogen-bond donors (Lipinski definition) is 1. The highest BCUT2D eigenvalue weighted by molar-refractivity contribution is 5.95. The molecule has 0 fully saturated rings. The fourth-order valence-electron chi connectivity index (χ4n) is 2.15. The van der Waals surface area contributed by atoms with Crippen LogP contribution in [0.4, 0.5) is 0 Å². The van der Waals surface area contributed by atoms with Crippen LogP contribution in [-0.2, 0) is 9.53 Å². The van der Waals surface area contributed by atoms with E-state index in [4.69, 9.17) is 0 Å². The average Bonchev–Trinajstić information content (AvgIpc) is 2.89. The van der Waals surface area contributed by atoms with E-state index in [1.54, 1.807) is 11.6 Å². The lowest BCUT2D eigenvalue weighted by molar-refractivity contribution is -0.141. The van der Waals surface area contributed by atoms with Crippen LogP contribution in [0.1, 0.15) is 29.4 Å². The van der Waals surface area contributed by atoms with Crippen molar-refractivity contribution in [1.29, 1.82) is 0 Å². The van der Waals surface area contributed by atoms with Crippen LogP contribution in [0.5, 0.6) is 0 Å². The Kier molecular flexibility index (Phi) is 4.93. The summed E-state index contributed by atoms with van der Waals surface area (Å²) in [6.07, 6.45) is 1.66. The van der Waals surface area contributed by atoms with Crippen molar-refractivity contribution in [2.75, 3.05) is 7.11 Å². The molecule has 1 aromatic carbocycles. The van der Waals surface area contributed by atoms with Gasteiger partial charge in [0, 0.05) is 6.04 Å². The van der Waals surface area contributed by atoms with Gasteiger partial charge in [0.25, 0.3) is 5.91 Å². The maximum absolute atomic E-state index is 12.3. The van der Waals surface area contributed by atoms with Gasteiger partial charge in [0.1, 0.15) is 0 Å². The lowest BCUT2D eigenvalue weighted by Crippen LogP contribution is -2.34. The molecule has 1 N–H and O–H groups in total. The maximum Gasteiger partial charge on any atom is 0.307 e. The van der Waals surface area contributed by atoms with Crippen LogP contribution in [0.2, 0.25) is 0 Å². The number of carbonyl (C=O) groups is 2. The number of hydrogen-bond acceptors (Lipinski definition) is 4. The standard InChI is InChI=1S/C16H19N3O3/c1-11(9-15(20)22-3)18-16(21)14-10-17-19(12(14)2)13-7-5-4-6-8-13/h4-8,10-11H,9H2,1-3H3,(H,18,21). The van der Waals surface area contributed by atoms with Gasteiger partial charge in [-0.15, -0.1) is 0 Å². The summed E-state index contributed by atoms with van der Waals surface area (Å²) >= 11 is 0. The van der Waals surface area contributed by atoms with E-state index in [-0.39, 0.29) is 24.3 Å². The number of esters is 1. The third-order valence-electron chi connectivity index (χ3n) is 3.33. The van der Waals surface area contributed by atoms with Crippen molar-refractivity contribution in [3.05, 3.63) is 47.8 Å². The molecular weight excluding hydrogens is 282 g/mol. The van der Waals surface area contributed by atoms with Gasteiger partial charge in [0.2, 0.25) is 0 Å². The summed E-state index contributed by atoms with van der Waals surface area (Å²) in [5.41, 5.74) is 2.12. The Hall–Kier alpha value is -2.63. The van der Waals surface area contributed by atoms with Gasteiger partial charge < -0.3 is 10.1 Å². The first kappa shape index (κ1) is 15.8. The molecule has 0 aliphatic rings. The summed E-state index contributed by atoms with van der Waals surface area (Å²) in [5.74, 6) is -0.611. The number of ether oxygens (including phenoxy) is 1. The van der Waals surface area contributed by atoms with Crippen molar-refractivity contribution in [2.24, 2.45) is 0 Å². The molecule has 0 aliphatic carbocycles. The Morgan fingerprint density at radius 2 is 2.00 bits per heavy atom. The van der Waals surface area contributed by atoms with Gasteiger partial charge >= 0.3 is 5.97 Å². The smallest absolute Gasteiger partial charge is 0.307 e. The number of benzene rings is 1. The van der Waals surface area contributed by atoms with Gasteiger partial charge in [-0.2, -0.15) is 5.10 Å². The van der Waals surface area contributed by atoms with Crippen LogP contribution < -0.4 is 5.32 Å². The molecule has 0 saturated heterocycles. The molecule has 0 spiro atoms. The Balaban J connectivity index is 2.12. The topological polar surface area (TPSA) is 73.2 Å². The summed E-state index contributed by atoms with van der Waals surface area (Å²) in [6, 6.07) is 9.27. The molecule has 6 nitrogen and oxygen atoms in total. The zero-order chi connectivity index (χ0) is 16.1. The lowest BCUT2D eigenvalue weighted by atomic mass is 10.2. The monoisotopic (exact) mass is 301 g/mol. The number of amides is 1. The summed E-state index contributed by atoms with van der Waals surface area (Å²) in [7, 11) is 1.32. The molecule has 0 saturated carbocycles. The van der Waals surface area contributed by atoms with E-state index in [0.717, 1.165) is 11.4 Å². The highest BCUT2D eigenvalue weighted by atomic mass is 16.5. The molecule has 1 aromatic heterocycles. The van der Waals surface area contributed by atoms with Crippen LogP contribution in [0, 0.1) is 6.92 Å². The Labute approximate surface area is 129 Å².